The molecule has 0 aromatic heterocycles. The van der Waals surface area contributed by atoms with Crippen molar-refractivity contribution in [2.45, 2.75) is 142 Å². The molecule has 0 fully saturated rings. The van der Waals surface area contributed by atoms with E-state index in [2.05, 4.69) is 19.1 Å². The van der Waals surface area contributed by atoms with Gasteiger partial charge in [-0.05, 0) is 44.6 Å². The van der Waals surface area contributed by atoms with E-state index >= 15 is 0 Å². The normalized spacial score (nSPS) is 13.2. The Kier molecular flexibility index (Phi) is 24.8. The van der Waals surface area contributed by atoms with E-state index in [4.69, 9.17) is 9.84 Å². The summed E-state index contributed by atoms with van der Waals surface area (Å²) in [4.78, 5) is 0. The maximum absolute atomic E-state index is 9.21. The van der Waals surface area contributed by atoms with E-state index in [9.17, 15) is 5.11 Å². The number of hydrogen-bond donors (Lipinski definition) is 2. The zero-order valence-electron chi connectivity index (χ0n) is 21.0. The van der Waals surface area contributed by atoms with Crippen LogP contribution in [-0.2, 0) is 4.74 Å². The highest BCUT2D eigenvalue weighted by Gasteiger charge is 2.00. The number of aliphatic hydroxyl groups excluding tert-OH is 2. The molecule has 0 heterocycles. The quantitative estimate of drug-likeness (QED) is 0.0906. The first-order valence-electron chi connectivity index (χ1n) is 13.4. The minimum Gasteiger partial charge on any atom is -0.498 e. The van der Waals surface area contributed by atoms with Crippen LogP contribution in [0.25, 0.3) is 0 Å². The van der Waals surface area contributed by atoms with Gasteiger partial charge >= 0.3 is 0 Å². The molecule has 1 atom stereocenters. The van der Waals surface area contributed by atoms with Gasteiger partial charge in [-0.25, -0.2) is 0 Å². The standard InChI is InChI=1S/C28H54O3/c1-3-4-5-6-7-8-9-10-11-12-13-14-15-16-17-18-19-20-21-22-23-27(2)25-31-26-28(30)24-29/h19-20,25,28-30H,3-18,21-24,26H2,1-2H3. The van der Waals surface area contributed by atoms with Gasteiger partial charge in [-0.15, -0.1) is 0 Å². The molecule has 1 unspecified atom stereocenters. The molecule has 0 bridgehead atoms. The van der Waals surface area contributed by atoms with Crippen molar-refractivity contribution in [3.8, 4) is 0 Å². The number of unbranched alkanes of at least 4 members (excludes halogenated alkanes) is 16. The highest BCUT2D eigenvalue weighted by molar-refractivity contribution is 4.94. The van der Waals surface area contributed by atoms with Gasteiger partial charge < -0.3 is 14.9 Å². The summed E-state index contributed by atoms with van der Waals surface area (Å²) in [5.41, 5.74) is 1.18. The summed E-state index contributed by atoms with van der Waals surface area (Å²) in [6.07, 6.45) is 31.4. The zero-order chi connectivity index (χ0) is 22.8. The molecule has 0 rings (SSSR count). The first kappa shape index (κ1) is 30.2. The fourth-order valence-corrected chi connectivity index (χ4v) is 3.78. The van der Waals surface area contributed by atoms with Crippen LogP contribution in [0.2, 0.25) is 0 Å². The van der Waals surface area contributed by atoms with Crippen LogP contribution in [0.3, 0.4) is 0 Å². The molecule has 0 amide bonds. The third-order valence-electron chi connectivity index (χ3n) is 5.87. The van der Waals surface area contributed by atoms with Crippen LogP contribution in [0.4, 0.5) is 0 Å². The van der Waals surface area contributed by atoms with Gasteiger partial charge in [0.15, 0.2) is 0 Å². The fraction of sp³-hybridized carbons (Fsp3) is 0.857. The van der Waals surface area contributed by atoms with Crippen molar-refractivity contribution in [2.75, 3.05) is 13.2 Å². The van der Waals surface area contributed by atoms with Crippen LogP contribution in [-0.4, -0.2) is 29.5 Å². The lowest BCUT2D eigenvalue weighted by atomic mass is 10.0. The van der Waals surface area contributed by atoms with Crippen LogP contribution in [0.15, 0.2) is 24.0 Å². The number of hydrogen-bond acceptors (Lipinski definition) is 3. The lowest BCUT2D eigenvalue weighted by Gasteiger charge is -2.07. The molecule has 0 aliphatic heterocycles. The van der Waals surface area contributed by atoms with Gasteiger partial charge in [0.2, 0.25) is 0 Å². The van der Waals surface area contributed by atoms with Gasteiger partial charge in [-0.1, -0.05) is 109 Å². The van der Waals surface area contributed by atoms with Gasteiger partial charge in [0.25, 0.3) is 0 Å². The number of allylic oxidation sites excluding steroid dienone is 3. The minimum absolute atomic E-state index is 0.160. The SMILES string of the molecule is CCCCCCCCCCCCCCCCCC=CCCCC(C)=COCC(O)CO. The highest BCUT2D eigenvalue weighted by atomic mass is 16.5. The topological polar surface area (TPSA) is 49.7 Å². The second-order valence-electron chi connectivity index (χ2n) is 9.24. The Hall–Kier alpha value is -0.800. The Morgan fingerprint density at radius 1 is 0.710 bits per heavy atom. The van der Waals surface area contributed by atoms with Crippen molar-refractivity contribution in [2.24, 2.45) is 0 Å². The number of aliphatic hydroxyl groups is 2. The predicted molar refractivity (Wildman–Crippen MR) is 135 cm³/mol. The molecule has 3 heteroatoms. The van der Waals surface area contributed by atoms with Gasteiger partial charge in [-0.2, -0.15) is 0 Å². The predicted octanol–water partition coefficient (Wildman–Crippen LogP) is 8.25. The number of rotatable bonds is 24. The molecular formula is C28H54O3. The molecule has 31 heavy (non-hydrogen) atoms. The molecule has 184 valence electrons. The van der Waals surface area contributed by atoms with Crippen molar-refractivity contribution in [3.63, 3.8) is 0 Å². The van der Waals surface area contributed by atoms with E-state index in [1.54, 1.807) is 6.26 Å². The molecule has 0 aliphatic carbocycles. The van der Waals surface area contributed by atoms with Crippen molar-refractivity contribution in [1.29, 1.82) is 0 Å². The molecule has 3 nitrogen and oxygen atoms in total. The second-order valence-corrected chi connectivity index (χ2v) is 9.24. The van der Waals surface area contributed by atoms with Gasteiger partial charge in [0.05, 0.1) is 12.9 Å². The average Bonchev–Trinajstić information content (AvgIpc) is 2.77. The Bertz CT molecular complexity index is 403. The molecule has 0 radical (unpaired) electrons. The van der Waals surface area contributed by atoms with E-state index < -0.39 is 6.10 Å². The summed E-state index contributed by atoms with van der Waals surface area (Å²) in [7, 11) is 0. The molecule has 0 spiro atoms. The zero-order valence-corrected chi connectivity index (χ0v) is 21.0. The van der Waals surface area contributed by atoms with E-state index in [1.165, 1.54) is 108 Å². The first-order chi connectivity index (χ1) is 15.2. The Morgan fingerprint density at radius 2 is 1.16 bits per heavy atom. The third-order valence-corrected chi connectivity index (χ3v) is 5.87. The Morgan fingerprint density at radius 3 is 1.65 bits per heavy atom. The van der Waals surface area contributed by atoms with Crippen molar-refractivity contribution in [1.82, 2.24) is 0 Å². The lowest BCUT2D eigenvalue weighted by molar-refractivity contribution is 0.0378. The molecule has 0 aromatic carbocycles. The highest BCUT2D eigenvalue weighted by Crippen LogP contribution is 2.14. The van der Waals surface area contributed by atoms with E-state index in [0.29, 0.717) is 0 Å². The molecule has 2 N–H and O–H groups in total. The maximum Gasteiger partial charge on any atom is 0.115 e. The van der Waals surface area contributed by atoms with E-state index in [1.807, 2.05) is 6.92 Å². The first-order valence-corrected chi connectivity index (χ1v) is 13.4. The summed E-state index contributed by atoms with van der Waals surface area (Å²) in [6, 6.07) is 0. The lowest BCUT2D eigenvalue weighted by Crippen LogP contribution is -2.17. The summed E-state index contributed by atoms with van der Waals surface area (Å²) < 4.78 is 5.25. The largest absolute Gasteiger partial charge is 0.498 e. The summed E-state index contributed by atoms with van der Waals surface area (Å²) >= 11 is 0. The molecular weight excluding hydrogens is 384 g/mol. The van der Waals surface area contributed by atoms with Crippen LogP contribution in [0.5, 0.6) is 0 Å². The van der Waals surface area contributed by atoms with Crippen LogP contribution >= 0.6 is 0 Å². The minimum atomic E-state index is -0.785. The fourth-order valence-electron chi connectivity index (χ4n) is 3.78. The molecule has 0 aromatic rings. The summed E-state index contributed by atoms with van der Waals surface area (Å²) in [5.74, 6) is 0. The second kappa shape index (κ2) is 25.5. The monoisotopic (exact) mass is 438 g/mol. The summed E-state index contributed by atoms with van der Waals surface area (Å²) in [5, 5.41) is 17.9. The van der Waals surface area contributed by atoms with Crippen molar-refractivity contribution < 1.29 is 14.9 Å². The van der Waals surface area contributed by atoms with Gasteiger partial charge in [-0.3, -0.25) is 0 Å². The molecule has 0 saturated carbocycles. The van der Waals surface area contributed by atoms with E-state index in [-0.39, 0.29) is 13.2 Å². The van der Waals surface area contributed by atoms with Crippen LogP contribution < -0.4 is 0 Å². The smallest absolute Gasteiger partial charge is 0.115 e. The van der Waals surface area contributed by atoms with Gasteiger partial charge in [0.1, 0.15) is 12.7 Å². The maximum atomic E-state index is 9.21. The van der Waals surface area contributed by atoms with Crippen LogP contribution in [0, 0.1) is 0 Å². The van der Waals surface area contributed by atoms with E-state index in [0.717, 1.165) is 19.3 Å². The van der Waals surface area contributed by atoms with Crippen LogP contribution in [0.1, 0.15) is 136 Å². The average molecular weight is 439 g/mol. The number of ether oxygens (including phenoxy) is 1. The third kappa shape index (κ3) is 25.3. The molecule has 0 aliphatic rings. The Labute approximate surface area is 194 Å². The van der Waals surface area contributed by atoms with Crippen molar-refractivity contribution >= 4 is 0 Å². The molecule has 0 saturated heterocycles. The van der Waals surface area contributed by atoms with Gasteiger partial charge in [0, 0.05) is 0 Å². The summed E-state index contributed by atoms with van der Waals surface area (Å²) in [6.45, 7) is 4.24. The van der Waals surface area contributed by atoms with Crippen molar-refractivity contribution in [3.05, 3.63) is 24.0 Å². The Balaban J connectivity index is 3.25.